The molecule has 0 aliphatic carbocycles. The van der Waals surface area contributed by atoms with Gasteiger partial charge in [0.1, 0.15) is 12.4 Å². The first-order chi connectivity index (χ1) is 15.9. The lowest BCUT2D eigenvalue weighted by atomic mass is 10.0. The van der Waals surface area contributed by atoms with Crippen LogP contribution in [0.1, 0.15) is 28.5 Å². The summed E-state index contributed by atoms with van der Waals surface area (Å²) in [6, 6.07) is 7.18. The average Bonchev–Trinajstić information content (AvgIpc) is 3.19. The Labute approximate surface area is 188 Å². The highest BCUT2D eigenvalue weighted by Crippen LogP contribution is 2.39. The number of alkyl halides is 6. The number of nitrogens with zero attached hydrogens (tertiary/aromatic N) is 3. The molecular formula is C21H17F6N5O2. The number of hydrogen-bond donors (Lipinski definition) is 2. The molecule has 13 heteroatoms. The maximum Gasteiger partial charge on any atom is 0.419 e. The van der Waals surface area contributed by atoms with Gasteiger partial charge in [0.2, 0.25) is 11.7 Å². The first kappa shape index (κ1) is 23.4. The number of aromatic nitrogens is 2. The van der Waals surface area contributed by atoms with Crippen molar-refractivity contribution in [1.82, 2.24) is 15.0 Å². The van der Waals surface area contributed by atoms with Gasteiger partial charge in [-0.15, -0.1) is 0 Å². The number of guanidine groups is 1. The van der Waals surface area contributed by atoms with E-state index >= 15 is 0 Å². The second kappa shape index (κ2) is 8.54. The summed E-state index contributed by atoms with van der Waals surface area (Å²) in [5, 5.41) is 11.1. The molecule has 0 amide bonds. The molecule has 2 aromatic carbocycles. The number of benzene rings is 2. The summed E-state index contributed by atoms with van der Waals surface area (Å²) in [7, 11) is 0. The Bertz CT molecular complexity index is 1180. The second-order valence-corrected chi connectivity index (χ2v) is 7.64. The third-order valence-electron chi connectivity index (χ3n) is 5.23. The van der Waals surface area contributed by atoms with Crippen molar-refractivity contribution in [2.45, 2.75) is 24.9 Å². The Hall–Kier alpha value is -3.77. The predicted octanol–water partition coefficient (Wildman–Crippen LogP) is 4.65. The molecule has 3 aromatic rings. The molecule has 0 saturated carbocycles. The molecule has 0 spiro atoms. The molecule has 1 saturated heterocycles. The molecule has 4 rings (SSSR count). The van der Waals surface area contributed by atoms with Crippen LogP contribution >= 0.6 is 0 Å². The topological polar surface area (TPSA) is 101 Å². The molecular weight excluding hydrogens is 468 g/mol. The van der Waals surface area contributed by atoms with E-state index in [0.717, 1.165) is 36.4 Å². The highest BCUT2D eigenvalue weighted by Gasteiger charge is 2.36. The number of hydrogen-bond acceptors (Lipinski definition) is 5. The summed E-state index contributed by atoms with van der Waals surface area (Å²) >= 11 is 0. The van der Waals surface area contributed by atoms with E-state index in [2.05, 4.69) is 10.1 Å². The lowest BCUT2D eigenvalue weighted by Crippen LogP contribution is -2.51. The highest BCUT2D eigenvalue weighted by molar-refractivity contribution is 5.75. The maximum atomic E-state index is 13.7. The summed E-state index contributed by atoms with van der Waals surface area (Å²) in [4.78, 5) is 5.72. The van der Waals surface area contributed by atoms with Crippen LogP contribution in [0.3, 0.4) is 0 Å². The molecule has 0 atom stereocenters. The zero-order valence-electron chi connectivity index (χ0n) is 17.2. The number of likely N-dealkylation sites (tertiary alicyclic amines) is 1. The molecule has 0 unspecified atom stereocenters. The van der Waals surface area contributed by atoms with Crippen molar-refractivity contribution in [3.63, 3.8) is 0 Å². The molecule has 7 nitrogen and oxygen atoms in total. The molecule has 180 valence electrons. The molecule has 2 heterocycles. The van der Waals surface area contributed by atoms with Gasteiger partial charge < -0.3 is 19.9 Å². The molecule has 0 radical (unpaired) electrons. The van der Waals surface area contributed by atoms with Crippen molar-refractivity contribution in [3.8, 4) is 17.1 Å². The van der Waals surface area contributed by atoms with Gasteiger partial charge in [0.05, 0.1) is 17.0 Å². The molecule has 1 fully saturated rings. The maximum absolute atomic E-state index is 13.7. The summed E-state index contributed by atoms with van der Waals surface area (Å²) in [6.45, 7) is 0.421. The van der Waals surface area contributed by atoms with Crippen LogP contribution in [-0.4, -0.2) is 34.1 Å². The van der Waals surface area contributed by atoms with E-state index in [-0.39, 0.29) is 41.3 Å². The van der Waals surface area contributed by atoms with Crippen molar-refractivity contribution < 1.29 is 35.6 Å². The second-order valence-electron chi connectivity index (χ2n) is 7.64. The van der Waals surface area contributed by atoms with Crippen LogP contribution < -0.4 is 10.5 Å². The monoisotopic (exact) mass is 485 g/mol. The van der Waals surface area contributed by atoms with Crippen LogP contribution in [0.25, 0.3) is 11.4 Å². The van der Waals surface area contributed by atoms with Gasteiger partial charge in [-0.25, -0.2) is 0 Å². The minimum Gasteiger partial charge on any atom is -0.488 e. The molecule has 1 aromatic heterocycles. The Kier molecular flexibility index (Phi) is 5.87. The van der Waals surface area contributed by atoms with Crippen molar-refractivity contribution in [1.29, 1.82) is 5.41 Å². The number of halogens is 6. The van der Waals surface area contributed by atoms with E-state index in [0.29, 0.717) is 13.1 Å². The summed E-state index contributed by atoms with van der Waals surface area (Å²) in [5.41, 5.74) is 3.73. The zero-order valence-corrected chi connectivity index (χ0v) is 17.2. The van der Waals surface area contributed by atoms with Crippen LogP contribution in [-0.2, 0) is 19.0 Å². The smallest absolute Gasteiger partial charge is 0.419 e. The van der Waals surface area contributed by atoms with E-state index < -0.39 is 29.2 Å². The van der Waals surface area contributed by atoms with Crippen molar-refractivity contribution in [3.05, 3.63) is 65.0 Å². The van der Waals surface area contributed by atoms with Gasteiger partial charge in [0, 0.05) is 18.7 Å². The fraction of sp³-hybridized carbons (Fsp3) is 0.286. The number of rotatable bonds is 5. The fourth-order valence-electron chi connectivity index (χ4n) is 3.32. The van der Waals surface area contributed by atoms with Gasteiger partial charge in [-0.3, -0.25) is 5.41 Å². The summed E-state index contributed by atoms with van der Waals surface area (Å²) < 4.78 is 89.4. The third-order valence-corrected chi connectivity index (χ3v) is 5.23. The first-order valence-corrected chi connectivity index (χ1v) is 9.85. The van der Waals surface area contributed by atoms with Crippen LogP contribution in [0.5, 0.6) is 5.75 Å². The predicted molar refractivity (Wildman–Crippen MR) is 107 cm³/mol. The molecule has 1 aliphatic rings. The van der Waals surface area contributed by atoms with Crippen molar-refractivity contribution in [2.24, 2.45) is 5.73 Å². The lowest BCUT2D eigenvalue weighted by molar-refractivity contribution is -0.139. The quantitative estimate of drug-likeness (QED) is 0.310. The molecule has 34 heavy (non-hydrogen) atoms. The SMILES string of the molecule is N=C(N)N1CC(c2nc(-c3ccc(OCc4ccc(C(F)(F)F)cc4)c(C(F)(F)F)c3)no2)C1. The van der Waals surface area contributed by atoms with Gasteiger partial charge >= 0.3 is 12.4 Å². The molecule has 0 bridgehead atoms. The Morgan fingerprint density at radius 3 is 2.32 bits per heavy atom. The average molecular weight is 485 g/mol. The first-order valence-electron chi connectivity index (χ1n) is 9.85. The summed E-state index contributed by atoms with van der Waals surface area (Å²) in [5.74, 6) is -0.591. The van der Waals surface area contributed by atoms with E-state index in [9.17, 15) is 26.3 Å². The zero-order chi connectivity index (χ0) is 24.7. The minimum atomic E-state index is -4.77. The number of nitrogens with one attached hydrogen (secondary N) is 1. The van der Waals surface area contributed by atoms with E-state index in [1.54, 1.807) is 4.90 Å². The fourth-order valence-corrected chi connectivity index (χ4v) is 3.32. The highest BCUT2D eigenvalue weighted by atomic mass is 19.4. The van der Waals surface area contributed by atoms with Gasteiger partial charge in [0.15, 0.2) is 5.96 Å². The van der Waals surface area contributed by atoms with Crippen LogP contribution in [0.4, 0.5) is 26.3 Å². The standard InChI is InChI=1S/C21H17F6N5O2/c22-20(23,24)14-4-1-11(2-5-14)10-33-16-6-3-12(7-15(16)21(25,26)27)17-30-18(34-31-17)13-8-32(9-13)19(28)29/h1-7,13H,8-10H2,(H3,28,29). The van der Waals surface area contributed by atoms with Crippen molar-refractivity contribution in [2.75, 3.05) is 13.1 Å². The molecule has 3 N–H and O–H groups in total. The Morgan fingerprint density at radius 2 is 1.74 bits per heavy atom. The molecule has 1 aliphatic heterocycles. The van der Waals surface area contributed by atoms with Gasteiger partial charge in [0.25, 0.3) is 0 Å². The van der Waals surface area contributed by atoms with Crippen LogP contribution in [0.15, 0.2) is 47.0 Å². The van der Waals surface area contributed by atoms with Crippen LogP contribution in [0, 0.1) is 5.41 Å². The van der Waals surface area contributed by atoms with Gasteiger partial charge in [-0.2, -0.15) is 31.3 Å². The Balaban J connectivity index is 1.50. The van der Waals surface area contributed by atoms with E-state index in [1.165, 1.54) is 6.07 Å². The van der Waals surface area contributed by atoms with Crippen molar-refractivity contribution >= 4 is 5.96 Å². The lowest BCUT2D eigenvalue weighted by Gasteiger charge is -2.37. The third kappa shape index (κ3) is 4.92. The summed E-state index contributed by atoms with van der Waals surface area (Å²) in [6.07, 6.45) is -9.28. The van der Waals surface area contributed by atoms with Gasteiger partial charge in [-0.05, 0) is 35.9 Å². The number of nitrogens with two attached hydrogens (primary N) is 1. The number of ether oxygens (including phenoxy) is 1. The minimum absolute atomic E-state index is 0.0453. The van der Waals surface area contributed by atoms with E-state index in [1.807, 2.05) is 0 Å². The normalized spacial score (nSPS) is 14.7. The van der Waals surface area contributed by atoms with Gasteiger partial charge in [-0.1, -0.05) is 17.3 Å². The van der Waals surface area contributed by atoms with Crippen LogP contribution in [0.2, 0.25) is 0 Å². The Morgan fingerprint density at radius 1 is 1.06 bits per heavy atom. The van der Waals surface area contributed by atoms with E-state index in [4.69, 9.17) is 20.4 Å². The largest absolute Gasteiger partial charge is 0.488 e.